The summed E-state index contributed by atoms with van der Waals surface area (Å²) in [6, 6.07) is 11.3. The van der Waals surface area contributed by atoms with E-state index in [4.69, 9.17) is 22.1 Å². The predicted octanol–water partition coefficient (Wildman–Crippen LogP) is 3.74. The van der Waals surface area contributed by atoms with E-state index in [0.717, 1.165) is 5.56 Å². The molecule has 0 aliphatic rings. The lowest BCUT2D eigenvalue weighted by Crippen LogP contribution is -2.06. The number of hydrogen-bond acceptors (Lipinski definition) is 3. The molecule has 0 amide bonds. The van der Waals surface area contributed by atoms with Crippen LogP contribution in [0.4, 0.5) is 10.1 Å². The number of carbonyl (C=O) groups excluding carboxylic acids is 1. The van der Waals surface area contributed by atoms with Crippen LogP contribution in [0, 0.1) is 5.82 Å². The third-order valence-electron chi connectivity index (χ3n) is 2.97. The molecule has 2 N–H and O–H groups in total. The summed E-state index contributed by atoms with van der Waals surface area (Å²) in [5.74, 6) is -0.755. The van der Waals surface area contributed by atoms with Crippen LogP contribution < -0.4 is 5.73 Å². The zero-order chi connectivity index (χ0) is 15.2. The Labute approximate surface area is 127 Å². The smallest absolute Gasteiger partial charge is 0.306 e. The highest BCUT2D eigenvalue weighted by atomic mass is 35.5. The van der Waals surface area contributed by atoms with Crippen LogP contribution in [-0.2, 0) is 22.6 Å². The average Bonchev–Trinajstić information content (AvgIpc) is 2.44. The summed E-state index contributed by atoms with van der Waals surface area (Å²) < 4.78 is 18.0. The van der Waals surface area contributed by atoms with E-state index >= 15 is 0 Å². The van der Waals surface area contributed by atoms with E-state index in [-0.39, 0.29) is 24.0 Å². The summed E-state index contributed by atoms with van der Waals surface area (Å²) in [5.41, 5.74) is 7.89. The van der Waals surface area contributed by atoms with Crippen molar-refractivity contribution in [3.05, 3.63) is 64.4 Å². The number of carbonyl (C=O) groups is 1. The summed E-state index contributed by atoms with van der Waals surface area (Å²) >= 11 is 5.86. The number of anilines is 1. The monoisotopic (exact) mass is 307 g/mol. The Morgan fingerprint density at radius 2 is 2.05 bits per heavy atom. The standard InChI is InChI=1S/C16H15ClFNO2/c17-15-9-13(18)6-5-12(15)10-21-16(20)7-4-11-2-1-3-14(19)8-11/h1-3,5-6,8-9H,4,7,10,19H2. The maximum Gasteiger partial charge on any atom is 0.306 e. The van der Waals surface area contributed by atoms with E-state index in [9.17, 15) is 9.18 Å². The second kappa shape index (κ2) is 7.09. The van der Waals surface area contributed by atoms with Crippen LogP contribution in [0.25, 0.3) is 0 Å². The Morgan fingerprint density at radius 3 is 2.76 bits per heavy atom. The van der Waals surface area contributed by atoms with Gasteiger partial charge >= 0.3 is 5.97 Å². The number of aryl methyl sites for hydroxylation is 1. The normalized spacial score (nSPS) is 10.4. The molecule has 3 nitrogen and oxygen atoms in total. The Bertz CT molecular complexity index is 646. The van der Waals surface area contributed by atoms with Gasteiger partial charge in [-0.05, 0) is 36.2 Å². The van der Waals surface area contributed by atoms with E-state index in [1.807, 2.05) is 18.2 Å². The van der Waals surface area contributed by atoms with Crippen LogP contribution in [0.1, 0.15) is 17.5 Å². The Kier molecular flexibility index (Phi) is 5.17. The van der Waals surface area contributed by atoms with Gasteiger partial charge < -0.3 is 10.5 Å². The van der Waals surface area contributed by atoms with Gasteiger partial charge in [0.05, 0.1) is 5.02 Å². The number of benzene rings is 2. The fraction of sp³-hybridized carbons (Fsp3) is 0.188. The van der Waals surface area contributed by atoms with E-state index in [1.165, 1.54) is 18.2 Å². The van der Waals surface area contributed by atoms with Crippen molar-refractivity contribution in [2.75, 3.05) is 5.73 Å². The van der Waals surface area contributed by atoms with E-state index in [1.54, 1.807) is 6.07 Å². The van der Waals surface area contributed by atoms with Crippen LogP contribution in [0.2, 0.25) is 5.02 Å². The van der Waals surface area contributed by atoms with Gasteiger partial charge in [-0.3, -0.25) is 4.79 Å². The van der Waals surface area contributed by atoms with Crippen LogP contribution in [0.3, 0.4) is 0 Å². The SMILES string of the molecule is Nc1cccc(CCC(=O)OCc2ccc(F)cc2Cl)c1. The van der Waals surface area contributed by atoms with Gasteiger partial charge in [0, 0.05) is 17.7 Å². The van der Waals surface area contributed by atoms with Gasteiger partial charge in [0.15, 0.2) is 0 Å². The van der Waals surface area contributed by atoms with Crippen LogP contribution in [-0.4, -0.2) is 5.97 Å². The highest BCUT2D eigenvalue weighted by Crippen LogP contribution is 2.18. The van der Waals surface area contributed by atoms with E-state index < -0.39 is 5.82 Å². The number of nitrogen functional groups attached to an aromatic ring is 1. The number of nitrogens with two attached hydrogens (primary N) is 1. The average molecular weight is 308 g/mol. The third-order valence-corrected chi connectivity index (χ3v) is 3.32. The quantitative estimate of drug-likeness (QED) is 0.676. The molecule has 110 valence electrons. The molecular formula is C16H15ClFNO2. The van der Waals surface area contributed by atoms with Crippen LogP contribution >= 0.6 is 11.6 Å². The molecule has 0 aliphatic carbocycles. The number of halogens is 2. The van der Waals surface area contributed by atoms with Crippen molar-refractivity contribution in [2.24, 2.45) is 0 Å². The molecule has 2 aromatic carbocycles. The minimum Gasteiger partial charge on any atom is -0.461 e. The summed E-state index contributed by atoms with van der Waals surface area (Å²) in [5, 5.41) is 0.249. The second-order valence-corrected chi connectivity index (χ2v) is 5.05. The summed E-state index contributed by atoms with van der Waals surface area (Å²) in [6.07, 6.45) is 0.809. The molecule has 0 aromatic heterocycles. The van der Waals surface area contributed by atoms with Gasteiger partial charge in [-0.15, -0.1) is 0 Å². The number of esters is 1. The van der Waals surface area contributed by atoms with Crippen molar-refractivity contribution in [2.45, 2.75) is 19.4 Å². The molecule has 0 saturated carbocycles. The molecule has 0 bridgehead atoms. The zero-order valence-corrected chi connectivity index (χ0v) is 12.1. The van der Waals surface area contributed by atoms with Gasteiger partial charge in [0.25, 0.3) is 0 Å². The van der Waals surface area contributed by atoms with Gasteiger partial charge in [-0.1, -0.05) is 29.8 Å². The molecule has 2 aromatic rings. The van der Waals surface area contributed by atoms with Crippen LogP contribution in [0.15, 0.2) is 42.5 Å². The van der Waals surface area contributed by atoms with Crippen molar-refractivity contribution in [3.63, 3.8) is 0 Å². The fourth-order valence-corrected chi connectivity index (χ4v) is 2.09. The molecule has 5 heteroatoms. The number of rotatable bonds is 5. The lowest BCUT2D eigenvalue weighted by atomic mass is 10.1. The largest absolute Gasteiger partial charge is 0.461 e. The summed E-state index contributed by atoms with van der Waals surface area (Å²) in [6.45, 7) is 0.0366. The zero-order valence-electron chi connectivity index (χ0n) is 11.3. The van der Waals surface area contributed by atoms with E-state index in [2.05, 4.69) is 0 Å². The minimum atomic E-state index is -0.420. The van der Waals surface area contributed by atoms with Crippen molar-refractivity contribution < 1.29 is 13.9 Å². The number of ether oxygens (including phenoxy) is 1. The first kappa shape index (κ1) is 15.3. The molecule has 0 atom stereocenters. The topological polar surface area (TPSA) is 52.3 Å². The molecule has 0 radical (unpaired) electrons. The fourth-order valence-electron chi connectivity index (χ4n) is 1.86. The highest BCUT2D eigenvalue weighted by Gasteiger charge is 2.07. The van der Waals surface area contributed by atoms with Gasteiger partial charge in [-0.25, -0.2) is 4.39 Å². The Hall–Kier alpha value is -2.07. The molecule has 0 aliphatic heterocycles. The first-order valence-corrected chi connectivity index (χ1v) is 6.86. The molecule has 0 spiro atoms. The van der Waals surface area contributed by atoms with Crippen molar-refractivity contribution in [1.82, 2.24) is 0 Å². The lowest BCUT2D eigenvalue weighted by Gasteiger charge is -2.07. The molecule has 0 saturated heterocycles. The molecule has 0 unspecified atom stereocenters. The molecule has 0 fully saturated rings. The van der Waals surface area contributed by atoms with Gasteiger partial charge in [0.2, 0.25) is 0 Å². The molecule has 2 rings (SSSR count). The Balaban J connectivity index is 1.82. The van der Waals surface area contributed by atoms with Gasteiger partial charge in [-0.2, -0.15) is 0 Å². The third kappa shape index (κ3) is 4.76. The predicted molar refractivity (Wildman–Crippen MR) is 80.4 cm³/mol. The first-order valence-electron chi connectivity index (χ1n) is 6.48. The first-order chi connectivity index (χ1) is 10.0. The highest BCUT2D eigenvalue weighted by molar-refractivity contribution is 6.31. The van der Waals surface area contributed by atoms with Crippen molar-refractivity contribution in [3.8, 4) is 0 Å². The second-order valence-electron chi connectivity index (χ2n) is 4.64. The Morgan fingerprint density at radius 1 is 1.24 bits per heavy atom. The summed E-state index contributed by atoms with van der Waals surface area (Å²) in [4.78, 5) is 11.7. The van der Waals surface area contributed by atoms with Crippen molar-refractivity contribution >= 4 is 23.3 Å². The van der Waals surface area contributed by atoms with E-state index in [0.29, 0.717) is 17.7 Å². The maximum atomic E-state index is 12.9. The lowest BCUT2D eigenvalue weighted by molar-refractivity contribution is -0.144. The molecule has 21 heavy (non-hydrogen) atoms. The van der Waals surface area contributed by atoms with Crippen molar-refractivity contribution in [1.29, 1.82) is 0 Å². The maximum absolute atomic E-state index is 12.9. The summed E-state index contributed by atoms with van der Waals surface area (Å²) in [7, 11) is 0. The number of hydrogen-bond donors (Lipinski definition) is 1. The van der Waals surface area contributed by atoms with Gasteiger partial charge in [0.1, 0.15) is 12.4 Å². The molecular weight excluding hydrogens is 293 g/mol. The molecule has 0 heterocycles. The van der Waals surface area contributed by atoms with Crippen LogP contribution in [0.5, 0.6) is 0 Å². The minimum absolute atomic E-state index is 0.0366.